The second kappa shape index (κ2) is 3.95. The van der Waals surface area contributed by atoms with Crippen LogP contribution in [-0.4, -0.2) is 27.0 Å². The molecule has 0 saturated carbocycles. The Morgan fingerprint density at radius 1 is 1.28 bits per heavy atom. The molecule has 18 heavy (non-hydrogen) atoms. The Bertz CT molecular complexity index is 717. The number of nitrogens with zero attached hydrogens (tertiary/aromatic N) is 3. The summed E-state index contributed by atoms with van der Waals surface area (Å²) in [6.45, 7) is 1.91. The van der Waals surface area contributed by atoms with Crippen LogP contribution in [0.5, 0.6) is 5.88 Å². The monoisotopic (exact) mass is 261 g/mol. The number of pyridine rings is 1. The van der Waals surface area contributed by atoms with Crippen LogP contribution in [0.15, 0.2) is 12.1 Å². The average Bonchev–Trinajstić information content (AvgIpc) is 2.90. The highest BCUT2D eigenvalue weighted by atomic mass is 32.1. The highest BCUT2D eigenvalue weighted by Crippen LogP contribution is 2.30. The Morgan fingerprint density at radius 3 is 2.78 bits per heavy atom. The first-order chi connectivity index (χ1) is 8.67. The van der Waals surface area contributed by atoms with Gasteiger partial charge in [0.25, 0.3) is 0 Å². The Balaban J connectivity index is 2.16. The molecule has 3 N–H and O–H groups in total. The van der Waals surface area contributed by atoms with Crippen molar-refractivity contribution in [3.63, 3.8) is 0 Å². The SMILES string of the molecule is COc1ccc2[nH]c(-c3sc(N)nc3C)nc2n1. The minimum atomic E-state index is 0.536. The number of hydrogen-bond donors (Lipinski definition) is 2. The number of H-pyrrole nitrogens is 1. The molecule has 0 amide bonds. The van der Waals surface area contributed by atoms with Crippen LogP contribution in [0.2, 0.25) is 0 Å². The van der Waals surface area contributed by atoms with Gasteiger partial charge in [0.1, 0.15) is 0 Å². The molecule has 3 aromatic heterocycles. The molecule has 0 spiro atoms. The van der Waals surface area contributed by atoms with E-state index in [1.807, 2.05) is 13.0 Å². The molecule has 0 aliphatic heterocycles. The van der Waals surface area contributed by atoms with E-state index in [-0.39, 0.29) is 0 Å². The smallest absolute Gasteiger partial charge is 0.215 e. The zero-order valence-electron chi connectivity index (χ0n) is 9.89. The molecule has 0 bridgehead atoms. The maximum absolute atomic E-state index is 5.69. The van der Waals surface area contributed by atoms with E-state index in [2.05, 4.69) is 19.9 Å². The van der Waals surface area contributed by atoms with Gasteiger partial charge in [0, 0.05) is 6.07 Å². The molecule has 0 saturated heterocycles. The molecule has 0 aliphatic carbocycles. The number of nitrogens with two attached hydrogens (primary N) is 1. The highest BCUT2D eigenvalue weighted by molar-refractivity contribution is 7.18. The van der Waals surface area contributed by atoms with E-state index in [4.69, 9.17) is 10.5 Å². The van der Waals surface area contributed by atoms with Crippen molar-refractivity contribution in [1.82, 2.24) is 19.9 Å². The topological polar surface area (TPSA) is 89.7 Å². The van der Waals surface area contributed by atoms with Crippen molar-refractivity contribution in [1.29, 1.82) is 0 Å². The van der Waals surface area contributed by atoms with Crippen molar-refractivity contribution in [3.8, 4) is 16.6 Å². The Morgan fingerprint density at radius 2 is 2.11 bits per heavy atom. The van der Waals surface area contributed by atoms with Crippen molar-refractivity contribution in [2.45, 2.75) is 6.92 Å². The van der Waals surface area contributed by atoms with Gasteiger partial charge in [-0.2, -0.15) is 4.98 Å². The minimum absolute atomic E-state index is 0.536. The van der Waals surface area contributed by atoms with Crippen molar-refractivity contribution in [2.24, 2.45) is 0 Å². The lowest BCUT2D eigenvalue weighted by Crippen LogP contribution is -1.86. The Kier molecular flexibility index (Phi) is 2.41. The molecule has 0 aliphatic rings. The number of aryl methyl sites for hydroxylation is 1. The maximum Gasteiger partial charge on any atom is 0.215 e. The fourth-order valence-electron chi connectivity index (χ4n) is 1.73. The molecule has 0 atom stereocenters. The van der Waals surface area contributed by atoms with E-state index in [1.54, 1.807) is 13.2 Å². The summed E-state index contributed by atoms with van der Waals surface area (Å²) < 4.78 is 5.07. The summed E-state index contributed by atoms with van der Waals surface area (Å²) in [7, 11) is 1.58. The lowest BCUT2D eigenvalue weighted by molar-refractivity contribution is 0.399. The van der Waals surface area contributed by atoms with E-state index >= 15 is 0 Å². The number of imidazole rings is 1. The summed E-state index contributed by atoms with van der Waals surface area (Å²) >= 11 is 1.41. The number of hydrogen-bond acceptors (Lipinski definition) is 6. The minimum Gasteiger partial charge on any atom is -0.481 e. The van der Waals surface area contributed by atoms with E-state index in [0.717, 1.165) is 21.9 Å². The van der Waals surface area contributed by atoms with Gasteiger partial charge in [0.15, 0.2) is 16.6 Å². The van der Waals surface area contributed by atoms with Crippen LogP contribution in [0.4, 0.5) is 5.13 Å². The maximum atomic E-state index is 5.69. The van der Waals surface area contributed by atoms with Gasteiger partial charge in [-0.25, -0.2) is 9.97 Å². The molecule has 92 valence electrons. The van der Waals surface area contributed by atoms with Gasteiger partial charge in [-0.1, -0.05) is 11.3 Å². The van der Waals surface area contributed by atoms with E-state index in [9.17, 15) is 0 Å². The molecular formula is C11H11N5OS. The number of ether oxygens (including phenoxy) is 1. The molecule has 3 rings (SSSR count). The molecule has 6 nitrogen and oxygen atoms in total. The fraction of sp³-hybridized carbons (Fsp3) is 0.182. The fourth-order valence-corrected chi connectivity index (χ4v) is 2.51. The van der Waals surface area contributed by atoms with Crippen molar-refractivity contribution in [2.75, 3.05) is 12.8 Å². The molecule has 3 aromatic rings. The molecule has 7 heteroatoms. The number of aromatic nitrogens is 4. The number of fused-ring (bicyclic) bond motifs is 1. The first-order valence-corrected chi connectivity index (χ1v) is 6.13. The highest BCUT2D eigenvalue weighted by Gasteiger charge is 2.13. The number of anilines is 1. The third-order valence-corrected chi connectivity index (χ3v) is 3.55. The summed E-state index contributed by atoms with van der Waals surface area (Å²) in [6.07, 6.45) is 0. The number of methoxy groups -OCH3 is 1. The lowest BCUT2D eigenvalue weighted by atomic mass is 10.4. The molecule has 0 fully saturated rings. The van der Waals surface area contributed by atoms with Gasteiger partial charge in [-0.3, -0.25) is 0 Å². The first-order valence-electron chi connectivity index (χ1n) is 5.31. The predicted octanol–water partition coefficient (Wildman–Crippen LogP) is 1.98. The van der Waals surface area contributed by atoms with Crippen LogP contribution in [0.3, 0.4) is 0 Å². The van der Waals surface area contributed by atoms with Gasteiger partial charge in [0.2, 0.25) is 5.88 Å². The van der Waals surface area contributed by atoms with Crippen LogP contribution in [0.1, 0.15) is 5.69 Å². The number of nitrogen functional groups attached to an aromatic ring is 1. The van der Waals surface area contributed by atoms with Crippen molar-refractivity contribution >= 4 is 27.6 Å². The zero-order valence-corrected chi connectivity index (χ0v) is 10.7. The van der Waals surface area contributed by atoms with E-state index < -0.39 is 0 Å². The lowest BCUT2D eigenvalue weighted by Gasteiger charge is -1.95. The van der Waals surface area contributed by atoms with Gasteiger partial charge in [0.05, 0.1) is 23.2 Å². The van der Waals surface area contributed by atoms with Gasteiger partial charge in [-0.15, -0.1) is 0 Å². The quantitative estimate of drug-likeness (QED) is 0.736. The van der Waals surface area contributed by atoms with Gasteiger partial charge in [-0.05, 0) is 13.0 Å². The van der Waals surface area contributed by atoms with Crippen LogP contribution in [0.25, 0.3) is 21.9 Å². The summed E-state index contributed by atoms with van der Waals surface area (Å²) in [4.78, 5) is 17.0. The Hall–Kier alpha value is -2.15. The van der Waals surface area contributed by atoms with Crippen molar-refractivity contribution in [3.05, 3.63) is 17.8 Å². The third kappa shape index (κ3) is 1.68. The largest absolute Gasteiger partial charge is 0.481 e. The number of thiazole rings is 1. The van der Waals surface area contributed by atoms with Crippen LogP contribution in [0, 0.1) is 6.92 Å². The predicted molar refractivity (Wildman–Crippen MR) is 70.7 cm³/mol. The molecular weight excluding hydrogens is 250 g/mol. The summed E-state index contributed by atoms with van der Waals surface area (Å²) in [5.74, 6) is 1.28. The van der Waals surface area contributed by atoms with E-state index in [0.29, 0.717) is 16.7 Å². The van der Waals surface area contributed by atoms with Gasteiger partial charge >= 0.3 is 0 Å². The van der Waals surface area contributed by atoms with Crippen molar-refractivity contribution < 1.29 is 4.74 Å². The molecule has 0 radical (unpaired) electrons. The summed E-state index contributed by atoms with van der Waals surface area (Å²) in [5, 5.41) is 0.536. The second-order valence-electron chi connectivity index (χ2n) is 3.78. The molecule has 3 heterocycles. The van der Waals surface area contributed by atoms with Crippen LogP contribution >= 0.6 is 11.3 Å². The molecule has 0 unspecified atom stereocenters. The summed E-state index contributed by atoms with van der Waals surface area (Å²) in [5.41, 5.74) is 8.03. The normalized spacial score (nSPS) is 11.0. The second-order valence-corrected chi connectivity index (χ2v) is 4.81. The summed E-state index contributed by atoms with van der Waals surface area (Å²) in [6, 6.07) is 3.68. The van der Waals surface area contributed by atoms with Gasteiger partial charge < -0.3 is 15.5 Å². The standard InChI is InChI=1S/C11H11N5OS/c1-5-8(18-11(12)13-5)10-14-6-3-4-7(17-2)15-9(6)16-10/h3-4H,1-2H3,(H2,12,13)(H,14,15,16). The third-order valence-electron chi connectivity index (χ3n) is 2.56. The number of rotatable bonds is 2. The zero-order chi connectivity index (χ0) is 12.7. The number of nitrogens with one attached hydrogen (secondary N) is 1. The van der Waals surface area contributed by atoms with Crippen LogP contribution < -0.4 is 10.5 Å². The Labute approximate surface area is 107 Å². The average molecular weight is 261 g/mol. The number of aromatic amines is 1. The first kappa shape index (κ1) is 11.0. The van der Waals surface area contributed by atoms with Crippen LogP contribution in [-0.2, 0) is 0 Å². The van der Waals surface area contributed by atoms with E-state index in [1.165, 1.54) is 11.3 Å². The molecule has 0 aromatic carbocycles.